The molecule has 0 unspecified atom stereocenters. The summed E-state index contributed by atoms with van der Waals surface area (Å²) in [6.07, 6.45) is 7.83. The van der Waals surface area contributed by atoms with Gasteiger partial charge in [0.05, 0.1) is 18.3 Å². The molecule has 1 aliphatic rings. The van der Waals surface area contributed by atoms with Crippen molar-refractivity contribution in [1.82, 2.24) is 35.5 Å². The zero-order valence-corrected chi connectivity index (χ0v) is 19.8. The van der Waals surface area contributed by atoms with Gasteiger partial charge in [0.1, 0.15) is 0 Å². The SMILES string of the molecule is CN(CCCCc1ccc(NC(=O)Cc2cc(C3CCOCC3)ccn2)nn1)C(=O)c1c[nH]nn1. The number of aromatic nitrogens is 6. The molecule has 35 heavy (non-hydrogen) atoms. The van der Waals surface area contributed by atoms with Crippen LogP contribution in [0.2, 0.25) is 0 Å². The van der Waals surface area contributed by atoms with E-state index in [4.69, 9.17) is 4.74 Å². The van der Waals surface area contributed by atoms with Crippen molar-refractivity contribution in [2.75, 3.05) is 32.1 Å². The van der Waals surface area contributed by atoms with Crippen LogP contribution in [0.3, 0.4) is 0 Å². The van der Waals surface area contributed by atoms with Crippen molar-refractivity contribution in [3.05, 3.63) is 59.3 Å². The number of rotatable bonds is 10. The first-order valence-electron chi connectivity index (χ1n) is 11.9. The summed E-state index contributed by atoms with van der Waals surface area (Å²) in [6, 6.07) is 7.65. The van der Waals surface area contributed by atoms with E-state index >= 15 is 0 Å². The maximum absolute atomic E-state index is 12.5. The molecule has 2 amide bonds. The number of carbonyl (C=O) groups is 2. The Bertz CT molecular complexity index is 1100. The van der Waals surface area contributed by atoms with Crippen LogP contribution >= 0.6 is 0 Å². The van der Waals surface area contributed by atoms with Crippen molar-refractivity contribution in [2.24, 2.45) is 0 Å². The number of anilines is 1. The van der Waals surface area contributed by atoms with Gasteiger partial charge in [-0.25, -0.2) is 0 Å². The standard InChI is InChI=1S/C24H30N8O3/c1-32(24(34)21-16-26-31-29-21)11-3-2-4-19-5-6-22(30-28-19)27-23(33)15-20-14-18(7-10-25-20)17-8-12-35-13-9-17/h5-7,10,14,16-17H,2-4,8-9,11-13,15H2,1H3,(H,26,29,31)(H,27,30,33). The van der Waals surface area contributed by atoms with Gasteiger partial charge in [0, 0.05) is 38.7 Å². The Hall–Kier alpha value is -3.73. The Labute approximate surface area is 203 Å². The first-order valence-corrected chi connectivity index (χ1v) is 11.9. The number of H-pyrrole nitrogens is 1. The number of amides is 2. The van der Waals surface area contributed by atoms with E-state index in [1.807, 2.05) is 18.2 Å². The molecule has 0 spiro atoms. The van der Waals surface area contributed by atoms with Gasteiger partial charge in [-0.1, -0.05) is 5.21 Å². The Morgan fingerprint density at radius 1 is 1.11 bits per heavy atom. The van der Waals surface area contributed by atoms with Gasteiger partial charge < -0.3 is 15.0 Å². The summed E-state index contributed by atoms with van der Waals surface area (Å²) in [5.41, 5.74) is 3.09. The summed E-state index contributed by atoms with van der Waals surface area (Å²) in [6.45, 7) is 2.16. The molecule has 0 saturated carbocycles. The Morgan fingerprint density at radius 2 is 1.97 bits per heavy atom. The average Bonchev–Trinajstić information content (AvgIpc) is 3.43. The van der Waals surface area contributed by atoms with Gasteiger partial charge in [-0.2, -0.15) is 5.10 Å². The molecule has 3 aromatic rings. The average molecular weight is 479 g/mol. The Morgan fingerprint density at radius 3 is 2.71 bits per heavy atom. The molecule has 0 aromatic carbocycles. The van der Waals surface area contributed by atoms with Gasteiger partial charge in [0.2, 0.25) is 5.91 Å². The smallest absolute Gasteiger partial charge is 0.275 e. The molecule has 2 N–H and O–H groups in total. The zero-order valence-electron chi connectivity index (χ0n) is 19.8. The van der Waals surface area contributed by atoms with E-state index in [9.17, 15) is 9.59 Å². The van der Waals surface area contributed by atoms with E-state index in [1.165, 1.54) is 11.8 Å². The fourth-order valence-electron chi connectivity index (χ4n) is 4.05. The van der Waals surface area contributed by atoms with E-state index in [1.54, 1.807) is 24.2 Å². The molecule has 0 atom stereocenters. The van der Waals surface area contributed by atoms with Gasteiger partial charge in [-0.05, 0) is 67.9 Å². The maximum atomic E-state index is 12.5. The van der Waals surface area contributed by atoms with Gasteiger partial charge in [0.25, 0.3) is 5.91 Å². The molecular weight excluding hydrogens is 448 g/mol. The van der Waals surface area contributed by atoms with Gasteiger partial charge in [-0.15, -0.1) is 10.2 Å². The van der Waals surface area contributed by atoms with E-state index in [0.717, 1.165) is 56.7 Å². The highest BCUT2D eigenvalue weighted by Crippen LogP contribution is 2.26. The molecule has 184 valence electrons. The number of hydrogen-bond acceptors (Lipinski definition) is 8. The zero-order chi connectivity index (χ0) is 24.5. The summed E-state index contributed by atoms with van der Waals surface area (Å²) in [4.78, 5) is 30.6. The number of unbranched alkanes of at least 4 members (excludes halogenated alkanes) is 1. The van der Waals surface area contributed by atoms with Gasteiger partial charge in [-0.3, -0.25) is 19.7 Å². The number of nitrogens with one attached hydrogen (secondary N) is 2. The molecule has 0 radical (unpaired) electrons. The lowest BCUT2D eigenvalue weighted by Gasteiger charge is -2.22. The summed E-state index contributed by atoms with van der Waals surface area (Å²) in [5.74, 6) is 0.534. The minimum absolute atomic E-state index is 0.163. The molecule has 4 heterocycles. The molecule has 11 heteroatoms. The first-order chi connectivity index (χ1) is 17.1. The predicted molar refractivity (Wildman–Crippen MR) is 128 cm³/mol. The highest BCUT2D eigenvalue weighted by molar-refractivity contribution is 5.91. The second-order valence-electron chi connectivity index (χ2n) is 8.64. The number of carbonyl (C=O) groups excluding carboxylic acids is 2. The normalized spacial score (nSPS) is 14.0. The van der Waals surface area contributed by atoms with Crippen LogP contribution in [0.5, 0.6) is 0 Å². The lowest BCUT2D eigenvalue weighted by molar-refractivity contribution is -0.115. The monoisotopic (exact) mass is 478 g/mol. The van der Waals surface area contributed by atoms with Gasteiger partial charge in [0.15, 0.2) is 11.5 Å². The number of pyridine rings is 1. The summed E-state index contributed by atoms with van der Waals surface area (Å²) in [7, 11) is 1.74. The van der Waals surface area contributed by atoms with Crippen molar-refractivity contribution < 1.29 is 14.3 Å². The van der Waals surface area contributed by atoms with Crippen molar-refractivity contribution in [3.63, 3.8) is 0 Å². The summed E-state index contributed by atoms with van der Waals surface area (Å²) < 4.78 is 5.44. The van der Waals surface area contributed by atoms with Crippen molar-refractivity contribution >= 4 is 17.6 Å². The van der Waals surface area contributed by atoms with Crippen LogP contribution in [0.1, 0.15) is 59.0 Å². The fourth-order valence-corrected chi connectivity index (χ4v) is 4.05. The number of ether oxygens (including phenoxy) is 1. The van der Waals surface area contributed by atoms with Crippen LogP contribution in [-0.4, -0.2) is 74.1 Å². The molecule has 0 aliphatic carbocycles. The number of aryl methyl sites for hydroxylation is 1. The number of aromatic amines is 1. The van der Waals surface area contributed by atoms with Crippen LogP contribution in [0.4, 0.5) is 5.82 Å². The molecule has 3 aromatic heterocycles. The number of nitrogens with zero attached hydrogens (tertiary/aromatic N) is 6. The third kappa shape index (κ3) is 7.12. The molecule has 0 bridgehead atoms. The molecule has 4 rings (SSSR count). The molecule has 1 aliphatic heterocycles. The van der Waals surface area contributed by atoms with E-state index in [0.29, 0.717) is 24.0 Å². The van der Waals surface area contributed by atoms with Crippen molar-refractivity contribution in [1.29, 1.82) is 0 Å². The molecular formula is C24H30N8O3. The minimum atomic E-state index is -0.177. The summed E-state index contributed by atoms with van der Waals surface area (Å²) in [5, 5.41) is 21.0. The highest BCUT2D eigenvalue weighted by atomic mass is 16.5. The van der Waals surface area contributed by atoms with Crippen molar-refractivity contribution in [3.8, 4) is 0 Å². The van der Waals surface area contributed by atoms with Crippen LogP contribution in [0.15, 0.2) is 36.7 Å². The lowest BCUT2D eigenvalue weighted by atomic mass is 9.92. The predicted octanol–water partition coefficient (Wildman–Crippen LogP) is 2.16. The Balaban J connectivity index is 1.19. The molecule has 1 saturated heterocycles. The van der Waals surface area contributed by atoms with Crippen LogP contribution in [0.25, 0.3) is 0 Å². The third-order valence-electron chi connectivity index (χ3n) is 6.02. The maximum Gasteiger partial charge on any atom is 0.275 e. The Kier molecular flexibility index (Phi) is 8.44. The second kappa shape index (κ2) is 12.1. The molecule has 1 fully saturated rings. The highest BCUT2D eigenvalue weighted by Gasteiger charge is 2.17. The topological polar surface area (TPSA) is 139 Å². The molecule has 11 nitrogen and oxygen atoms in total. The first kappa shape index (κ1) is 24.4. The number of hydrogen-bond donors (Lipinski definition) is 2. The third-order valence-corrected chi connectivity index (χ3v) is 6.02. The lowest BCUT2D eigenvalue weighted by Crippen LogP contribution is -2.28. The van der Waals surface area contributed by atoms with E-state index in [-0.39, 0.29) is 18.2 Å². The minimum Gasteiger partial charge on any atom is -0.381 e. The quantitative estimate of drug-likeness (QED) is 0.423. The van der Waals surface area contributed by atoms with Crippen LogP contribution < -0.4 is 5.32 Å². The van der Waals surface area contributed by atoms with Crippen LogP contribution in [0, 0.1) is 0 Å². The fraction of sp³-hybridized carbons (Fsp3) is 0.458. The largest absolute Gasteiger partial charge is 0.381 e. The van der Waals surface area contributed by atoms with Crippen LogP contribution in [-0.2, 0) is 22.4 Å². The van der Waals surface area contributed by atoms with Gasteiger partial charge >= 0.3 is 0 Å². The van der Waals surface area contributed by atoms with E-state index in [2.05, 4.69) is 35.9 Å². The van der Waals surface area contributed by atoms with Crippen molar-refractivity contribution in [2.45, 2.75) is 44.4 Å². The van der Waals surface area contributed by atoms with E-state index < -0.39 is 0 Å². The summed E-state index contributed by atoms with van der Waals surface area (Å²) >= 11 is 0. The second-order valence-corrected chi connectivity index (χ2v) is 8.64.